The molecule has 1 atom stereocenters. The molecule has 3 aromatic rings. The molecule has 8 heteroatoms. The van der Waals surface area contributed by atoms with Gasteiger partial charge in [0.25, 0.3) is 0 Å². The summed E-state index contributed by atoms with van der Waals surface area (Å²) in [7, 11) is 0. The topological polar surface area (TPSA) is 64.9 Å². The number of thiophene rings is 1. The number of nitrogens with two attached hydrogens (primary N) is 1. The molecule has 1 aromatic carbocycles. The zero-order valence-corrected chi connectivity index (χ0v) is 12.6. The predicted molar refractivity (Wildman–Crippen MR) is 79.3 cm³/mol. The minimum Gasteiger partial charge on any atom is -0.339 e. The first-order chi connectivity index (χ1) is 11.0. The molecule has 120 valence electrons. The molecule has 0 unspecified atom stereocenters. The van der Waals surface area contributed by atoms with Crippen molar-refractivity contribution in [3.8, 4) is 11.4 Å². The van der Waals surface area contributed by atoms with Crippen LogP contribution >= 0.6 is 11.3 Å². The lowest BCUT2D eigenvalue weighted by atomic mass is 10.0. The fraction of sp³-hybridized carbons (Fsp3) is 0.200. The summed E-state index contributed by atoms with van der Waals surface area (Å²) in [5.74, 6) is -2.40. The third-order valence-electron chi connectivity index (χ3n) is 3.26. The molecule has 0 spiro atoms. The Morgan fingerprint density at radius 1 is 1.13 bits per heavy atom. The Bertz CT molecular complexity index is 804. The molecule has 0 aliphatic carbocycles. The highest BCUT2D eigenvalue weighted by Gasteiger charge is 2.16. The summed E-state index contributed by atoms with van der Waals surface area (Å²) in [5.41, 5.74) is 6.76. The standard InChI is InChI=1S/C15H12F3N3OS/c16-11-6-13(18)12(17)4-9(11)3-10(19)5-14-20-15(21-22-14)8-1-2-23-7-8/h1-2,4,6-7,10H,3,5,19H2/t10-/m1/s1. The molecule has 0 aliphatic heterocycles. The van der Waals surface area contributed by atoms with Crippen LogP contribution in [-0.2, 0) is 12.8 Å². The molecule has 0 radical (unpaired) electrons. The average molecular weight is 339 g/mol. The lowest BCUT2D eigenvalue weighted by molar-refractivity contribution is 0.368. The van der Waals surface area contributed by atoms with E-state index in [2.05, 4.69) is 10.1 Å². The van der Waals surface area contributed by atoms with Gasteiger partial charge in [-0.1, -0.05) is 5.16 Å². The van der Waals surface area contributed by atoms with E-state index in [-0.39, 0.29) is 18.4 Å². The summed E-state index contributed by atoms with van der Waals surface area (Å²) >= 11 is 1.51. The quantitative estimate of drug-likeness (QED) is 0.724. The van der Waals surface area contributed by atoms with Crippen LogP contribution < -0.4 is 5.73 Å². The van der Waals surface area contributed by atoms with Gasteiger partial charge in [0.15, 0.2) is 11.6 Å². The van der Waals surface area contributed by atoms with Gasteiger partial charge in [-0.25, -0.2) is 13.2 Å². The van der Waals surface area contributed by atoms with Gasteiger partial charge < -0.3 is 10.3 Å². The maximum absolute atomic E-state index is 13.6. The van der Waals surface area contributed by atoms with E-state index < -0.39 is 23.5 Å². The molecular formula is C15H12F3N3OS. The molecule has 2 heterocycles. The zero-order chi connectivity index (χ0) is 16.4. The molecule has 0 aliphatic rings. The average Bonchev–Trinajstić information content (AvgIpc) is 3.15. The van der Waals surface area contributed by atoms with Crippen molar-refractivity contribution in [2.45, 2.75) is 18.9 Å². The Kier molecular flexibility index (Phi) is 4.44. The van der Waals surface area contributed by atoms with E-state index in [0.717, 1.165) is 11.6 Å². The first-order valence-electron chi connectivity index (χ1n) is 6.77. The first-order valence-corrected chi connectivity index (χ1v) is 7.71. The van der Waals surface area contributed by atoms with Crippen molar-refractivity contribution >= 4 is 11.3 Å². The number of halogens is 3. The summed E-state index contributed by atoms with van der Waals surface area (Å²) < 4.78 is 44.8. The summed E-state index contributed by atoms with van der Waals surface area (Å²) in [6, 6.07) is 2.62. The van der Waals surface area contributed by atoms with Gasteiger partial charge in [-0.15, -0.1) is 0 Å². The number of benzene rings is 1. The van der Waals surface area contributed by atoms with Crippen molar-refractivity contribution < 1.29 is 17.7 Å². The highest BCUT2D eigenvalue weighted by molar-refractivity contribution is 7.08. The van der Waals surface area contributed by atoms with Crippen LogP contribution in [-0.4, -0.2) is 16.2 Å². The van der Waals surface area contributed by atoms with Crippen LogP contribution in [0.4, 0.5) is 13.2 Å². The second-order valence-corrected chi connectivity index (χ2v) is 5.83. The predicted octanol–water partition coefficient (Wildman–Crippen LogP) is 3.33. The number of nitrogens with zero attached hydrogens (tertiary/aromatic N) is 2. The maximum atomic E-state index is 13.6. The van der Waals surface area contributed by atoms with Crippen LogP contribution in [0.3, 0.4) is 0 Å². The number of hydrogen-bond acceptors (Lipinski definition) is 5. The highest BCUT2D eigenvalue weighted by atomic mass is 32.1. The second-order valence-electron chi connectivity index (χ2n) is 5.05. The Labute approximate surface area is 133 Å². The van der Waals surface area contributed by atoms with Crippen molar-refractivity contribution in [2.24, 2.45) is 5.73 Å². The van der Waals surface area contributed by atoms with Crippen molar-refractivity contribution in [3.63, 3.8) is 0 Å². The number of rotatable bonds is 5. The SMILES string of the molecule is N[C@@H](Cc1nc(-c2ccsc2)no1)Cc1cc(F)c(F)cc1F. The maximum Gasteiger partial charge on any atom is 0.228 e. The third-order valence-corrected chi connectivity index (χ3v) is 3.94. The normalized spacial score (nSPS) is 12.5. The first kappa shape index (κ1) is 15.7. The van der Waals surface area contributed by atoms with E-state index in [1.54, 1.807) is 0 Å². The van der Waals surface area contributed by atoms with Crippen LogP contribution in [0.1, 0.15) is 11.5 Å². The largest absolute Gasteiger partial charge is 0.339 e. The summed E-state index contributed by atoms with van der Waals surface area (Å²) in [6.45, 7) is 0. The van der Waals surface area contributed by atoms with Gasteiger partial charge in [0.2, 0.25) is 11.7 Å². The summed E-state index contributed by atoms with van der Waals surface area (Å²) in [6.07, 6.45) is 0.231. The molecule has 0 bridgehead atoms. The highest BCUT2D eigenvalue weighted by Crippen LogP contribution is 2.20. The summed E-state index contributed by atoms with van der Waals surface area (Å²) in [4.78, 5) is 4.21. The van der Waals surface area contributed by atoms with Gasteiger partial charge in [0.1, 0.15) is 5.82 Å². The van der Waals surface area contributed by atoms with Crippen LogP contribution in [0.25, 0.3) is 11.4 Å². The molecule has 0 saturated carbocycles. The molecular weight excluding hydrogens is 327 g/mol. The van der Waals surface area contributed by atoms with Gasteiger partial charge in [0, 0.05) is 29.5 Å². The lowest BCUT2D eigenvalue weighted by Gasteiger charge is -2.10. The van der Waals surface area contributed by atoms with Gasteiger partial charge in [0.05, 0.1) is 0 Å². The molecule has 0 saturated heterocycles. The van der Waals surface area contributed by atoms with Crippen LogP contribution in [0.5, 0.6) is 0 Å². The van der Waals surface area contributed by atoms with Crippen molar-refractivity contribution in [2.75, 3.05) is 0 Å². The van der Waals surface area contributed by atoms with Crippen LogP contribution in [0.2, 0.25) is 0 Å². The molecule has 0 fully saturated rings. The fourth-order valence-electron chi connectivity index (χ4n) is 2.15. The minimum atomic E-state index is -1.22. The molecule has 4 nitrogen and oxygen atoms in total. The van der Waals surface area contributed by atoms with Crippen molar-refractivity contribution in [1.29, 1.82) is 0 Å². The monoisotopic (exact) mass is 339 g/mol. The second kappa shape index (κ2) is 6.51. The summed E-state index contributed by atoms with van der Waals surface area (Å²) in [5, 5.41) is 7.62. The number of hydrogen-bond donors (Lipinski definition) is 1. The molecule has 2 aromatic heterocycles. The van der Waals surface area contributed by atoms with E-state index in [0.29, 0.717) is 17.8 Å². The Morgan fingerprint density at radius 3 is 2.65 bits per heavy atom. The molecule has 2 N–H and O–H groups in total. The Morgan fingerprint density at radius 2 is 1.91 bits per heavy atom. The Hall–Kier alpha value is -2.19. The molecule has 3 rings (SSSR count). The smallest absolute Gasteiger partial charge is 0.228 e. The van der Waals surface area contributed by atoms with Gasteiger partial charge in [-0.3, -0.25) is 0 Å². The van der Waals surface area contributed by atoms with Gasteiger partial charge in [-0.05, 0) is 29.5 Å². The van der Waals surface area contributed by atoms with Gasteiger partial charge >= 0.3 is 0 Å². The third kappa shape index (κ3) is 3.59. The van der Waals surface area contributed by atoms with E-state index in [4.69, 9.17) is 10.3 Å². The van der Waals surface area contributed by atoms with E-state index in [1.165, 1.54) is 11.3 Å². The van der Waals surface area contributed by atoms with Gasteiger partial charge in [-0.2, -0.15) is 16.3 Å². The molecule has 23 heavy (non-hydrogen) atoms. The van der Waals surface area contributed by atoms with E-state index >= 15 is 0 Å². The zero-order valence-electron chi connectivity index (χ0n) is 11.8. The molecule has 0 amide bonds. The minimum absolute atomic E-state index is 0.00831. The van der Waals surface area contributed by atoms with Crippen molar-refractivity contribution in [1.82, 2.24) is 10.1 Å². The Balaban J connectivity index is 1.68. The van der Waals surface area contributed by atoms with E-state index in [1.807, 2.05) is 16.8 Å². The van der Waals surface area contributed by atoms with E-state index in [9.17, 15) is 13.2 Å². The van der Waals surface area contributed by atoms with Crippen LogP contribution in [0.15, 0.2) is 33.5 Å². The van der Waals surface area contributed by atoms with Crippen LogP contribution in [0, 0.1) is 17.5 Å². The van der Waals surface area contributed by atoms with Crippen molar-refractivity contribution in [3.05, 3.63) is 57.9 Å². The number of aromatic nitrogens is 2. The fourth-order valence-corrected chi connectivity index (χ4v) is 2.78. The lowest BCUT2D eigenvalue weighted by Crippen LogP contribution is -2.26.